The molecule has 1 N–H and O–H groups in total. The maximum absolute atomic E-state index is 8.75. The predicted octanol–water partition coefficient (Wildman–Crippen LogP) is 3.33. The monoisotopic (exact) mass is 236 g/mol. The van der Waals surface area contributed by atoms with Crippen LogP contribution in [0.5, 0.6) is 0 Å². The Bertz CT molecular complexity index is 109. The molecule has 0 amide bonds. The van der Waals surface area contributed by atoms with Crippen LogP contribution in [-0.4, -0.2) is 22.7 Å². The smallest absolute Gasteiger partial charge is 0.0547 e. The molecule has 0 aliphatic carbocycles. The Kier molecular flexibility index (Phi) is 12.3. The average molecular weight is 236 g/mol. The standard InChI is InChI=1S/C11H24OS2/c12-10-11(14)8-6-4-2-1-3-5-7-9-13/h11-14H,1-10H2. The van der Waals surface area contributed by atoms with Crippen molar-refractivity contribution in [3.8, 4) is 0 Å². The molecule has 0 aliphatic rings. The van der Waals surface area contributed by atoms with Crippen molar-refractivity contribution in [1.29, 1.82) is 0 Å². The molecule has 1 nitrogen and oxygen atoms in total. The van der Waals surface area contributed by atoms with Gasteiger partial charge in [-0.3, -0.25) is 0 Å². The highest BCUT2D eigenvalue weighted by atomic mass is 32.1. The van der Waals surface area contributed by atoms with Crippen LogP contribution in [0.4, 0.5) is 0 Å². The first-order chi connectivity index (χ1) is 6.81. The number of hydrogen-bond donors (Lipinski definition) is 3. The van der Waals surface area contributed by atoms with Crippen molar-refractivity contribution in [3.63, 3.8) is 0 Å². The second-order valence-electron chi connectivity index (χ2n) is 3.82. The molecule has 14 heavy (non-hydrogen) atoms. The summed E-state index contributed by atoms with van der Waals surface area (Å²) in [5, 5.41) is 8.94. The van der Waals surface area contributed by atoms with Gasteiger partial charge in [0.2, 0.25) is 0 Å². The fourth-order valence-corrected chi connectivity index (χ4v) is 1.87. The summed E-state index contributed by atoms with van der Waals surface area (Å²) in [5.41, 5.74) is 0. The van der Waals surface area contributed by atoms with Gasteiger partial charge in [-0.25, -0.2) is 0 Å². The van der Waals surface area contributed by atoms with Gasteiger partial charge in [-0.2, -0.15) is 25.3 Å². The van der Waals surface area contributed by atoms with Gasteiger partial charge in [-0.15, -0.1) is 0 Å². The van der Waals surface area contributed by atoms with E-state index in [1.54, 1.807) is 0 Å². The Morgan fingerprint density at radius 3 is 1.86 bits per heavy atom. The first kappa shape index (κ1) is 14.7. The van der Waals surface area contributed by atoms with E-state index in [9.17, 15) is 0 Å². The fourth-order valence-electron chi connectivity index (χ4n) is 1.47. The van der Waals surface area contributed by atoms with E-state index >= 15 is 0 Å². The van der Waals surface area contributed by atoms with Gasteiger partial charge in [-0.05, 0) is 18.6 Å². The minimum Gasteiger partial charge on any atom is -0.395 e. The molecule has 0 fully saturated rings. The lowest BCUT2D eigenvalue weighted by atomic mass is 10.1. The highest BCUT2D eigenvalue weighted by Gasteiger charge is 1.99. The molecule has 0 radical (unpaired) electrons. The molecule has 0 spiro atoms. The lowest BCUT2D eigenvalue weighted by Gasteiger charge is -2.06. The minimum absolute atomic E-state index is 0.194. The Balaban J connectivity index is 2.92. The maximum atomic E-state index is 8.75. The molecule has 0 saturated heterocycles. The zero-order chi connectivity index (χ0) is 10.6. The zero-order valence-electron chi connectivity index (χ0n) is 8.99. The van der Waals surface area contributed by atoms with Gasteiger partial charge < -0.3 is 5.11 Å². The minimum atomic E-state index is 0.194. The van der Waals surface area contributed by atoms with Gasteiger partial charge in [0.15, 0.2) is 0 Å². The quantitative estimate of drug-likeness (QED) is 0.392. The molecule has 0 aromatic carbocycles. The van der Waals surface area contributed by atoms with Gasteiger partial charge in [0, 0.05) is 5.25 Å². The van der Waals surface area contributed by atoms with E-state index in [-0.39, 0.29) is 11.9 Å². The molecular formula is C11H24OS2. The largest absolute Gasteiger partial charge is 0.395 e. The lowest BCUT2D eigenvalue weighted by Crippen LogP contribution is -2.03. The van der Waals surface area contributed by atoms with Crippen molar-refractivity contribution >= 4 is 25.3 Å². The molecule has 0 heterocycles. The molecular weight excluding hydrogens is 212 g/mol. The fraction of sp³-hybridized carbons (Fsp3) is 1.00. The number of aliphatic hydroxyl groups is 1. The van der Waals surface area contributed by atoms with Crippen LogP contribution in [0.15, 0.2) is 0 Å². The number of unbranched alkanes of at least 4 members (excludes halogenated alkanes) is 6. The summed E-state index contributed by atoms with van der Waals surface area (Å²) in [7, 11) is 0. The molecule has 1 unspecified atom stereocenters. The van der Waals surface area contributed by atoms with Crippen LogP contribution in [0.2, 0.25) is 0 Å². The van der Waals surface area contributed by atoms with E-state index in [0.29, 0.717) is 0 Å². The van der Waals surface area contributed by atoms with Crippen LogP contribution in [-0.2, 0) is 0 Å². The van der Waals surface area contributed by atoms with Crippen LogP contribution in [0.25, 0.3) is 0 Å². The number of hydrogen-bond acceptors (Lipinski definition) is 3. The Hall–Kier alpha value is 0.660. The van der Waals surface area contributed by atoms with Crippen LogP contribution in [0.1, 0.15) is 51.4 Å². The number of aliphatic hydroxyl groups excluding tert-OH is 1. The second kappa shape index (κ2) is 11.7. The summed E-state index contributed by atoms with van der Waals surface area (Å²) < 4.78 is 0. The van der Waals surface area contributed by atoms with E-state index in [4.69, 9.17) is 5.11 Å². The maximum Gasteiger partial charge on any atom is 0.0547 e. The SMILES string of the molecule is OCC(S)CCCCCCCCCS. The first-order valence-corrected chi connectivity index (χ1v) is 6.86. The van der Waals surface area contributed by atoms with Crippen molar-refractivity contribution in [1.82, 2.24) is 0 Å². The van der Waals surface area contributed by atoms with Crippen LogP contribution in [0.3, 0.4) is 0 Å². The average Bonchev–Trinajstić information content (AvgIpc) is 2.21. The van der Waals surface area contributed by atoms with Gasteiger partial charge in [0.05, 0.1) is 6.61 Å². The van der Waals surface area contributed by atoms with E-state index in [0.717, 1.165) is 12.2 Å². The summed E-state index contributed by atoms with van der Waals surface area (Å²) in [6, 6.07) is 0. The third-order valence-corrected chi connectivity index (χ3v) is 3.14. The molecule has 1 atom stereocenters. The van der Waals surface area contributed by atoms with E-state index in [1.807, 2.05) is 0 Å². The second-order valence-corrected chi connectivity index (χ2v) is 5.00. The molecule has 86 valence electrons. The Morgan fingerprint density at radius 1 is 0.857 bits per heavy atom. The summed E-state index contributed by atoms with van der Waals surface area (Å²) in [4.78, 5) is 0. The third-order valence-electron chi connectivity index (χ3n) is 2.41. The topological polar surface area (TPSA) is 20.2 Å². The highest BCUT2D eigenvalue weighted by Crippen LogP contribution is 2.11. The highest BCUT2D eigenvalue weighted by molar-refractivity contribution is 7.81. The van der Waals surface area contributed by atoms with Crippen LogP contribution >= 0.6 is 25.3 Å². The summed E-state index contributed by atoms with van der Waals surface area (Å²) >= 11 is 8.42. The van der Waals surface area contributed by atoms with Crippen molar-refractivity contribution in [2.45, 2.75) is 56.6 Å². The van der Waals surface area contributed by atoms with Crippen LogP contribution < -0.4 is 0 Å². The molecule has 0 rings (SSSR count). The Morgan fingerprint density at radius 2 is 1.36 bits per heavy atom. The van der Waals surface area contributed by atoms with Gasteiger partial charge in [-0.1, -0.05) is 38.5 Å². The van der Waals surface area contributed by atoms with Crippen molar-refractivity contribution in [3.05, 3.63) is 0 Å². The summed E-state index contributed by atoms with van der Waals surface area (Å²) in [6.07, 6.45) is 10.2. The van der Waals surface area contributed by atoms with Crippen molar-refractivity contribution in [2.24, 2.45) is 0 Å². The van der Waals surface area contributed by atoms with Gasteiger partial charge >= 0.3 is 0 Å². The first-order valence-electron chi connectivity index (χ1n) is 5.71. The molecule has 0 aromatic rings. The van der Waals surface area contributed by atoms with Crippen molar-refractivity contribution < 1.29 is 5.11 Å². The molecule has 0 saturated carbocycles. The molecule has 0 bridgehead atoms. The van der Waals surface area contributed by atoms with Crippen molar-refractivity contribution in [2.75, 3.05) is 12.4 Å². The zero-order valence-corrected chi connectivity index (χ0v) is 10.8. The Labute approximate surface area is 99.5 Å². The van der Waals surface area contributed by atoms with Gasteiger partial charge in [0.25, 0.3) is 0 Å². The molecule has 0 aliphatic heterocycles. The number of thiol groups is 2. The molecule has 3 heteroatoms. The van der Waals surface area contributed by atoms with E-state index in [1.165, 1.54) is 44.9 Å². The summed E-state index contributed by atoms with van der Waals surface area (Å²) in [6.45, 7) is 0.213. The van der Waals surface area contributed by atoms with Crippen LogP contribution in [0, 0.1) is 0 Å². The number of rotatable bonds is 10. The third kappa shape index (κ3) is 10.7. The lowest BCUT2D eigenvalue weighted by molar-refractivity contribution is 0.289. The predicted molar refractivity (Wildman–Crippen MR) is 70.6 cm³/mol. The summed E-state index contributed by atoms with van der Waals surface area (Å²) in [5.74, 6) is 1.03. The van der Waals surface area contributed by atoms with E-state index in [2.05, 4.69) is 25.3 Å². The molecule has 0 aromatic heterocycles. The van der Waals surface area contributed by atoms with Gasteiger partial charge in [0.1, 0.15) is 0 Å². The normalized spacial score (nSPS) is 13.1. The van der Waals surface area contributed by atoms with E-state index < -0.39 is 0 Å².